The van der Waals surface area contributed by atoms with E-state index < -0.39 is 0 Å². The summed E-state index contributed by atoms with van der Waals surface area (Å²) < 4.78 is 20.6. The SMILES string of the molecule is CCCN(C)c1cc2c(N3CCC(c4ccccc4OC)CC3)nc(C3CC3)nc2cc1F. The Morgan fingerprint density at radius 2 is 1.82 bits per heavy atom. The van der Waals surface area contributed by atoms with Crippen molar-refractivity contribution in [2.75, 3.05) is 43.6 Å². The maximum atomic E-state index is 15.0. The first-order valence-electron chi connectivity index (χ1n) is 12.2. The van der Waals surface area contributed by atoms with Crippen molar-refractivity contribution in [3.63, 3.8) is 0 Å². The highest BCUT2D eigenvalue weighted by molar-refractivity contribution is 5.92. The Labute approximate surface area is 195 Å². The van der Waals surface area contributed by atoms with Gasteiger partial charge in [-0.15, -0.1) is 0 Å². The Morgan fingerprint density at radius 1 is 1.06 bits per heavy atom. The molecule has 2 aromatic carbocycles. The van der Waals surface area contributed by atoms with Gasteiger partial charge in [-0.25, -0.2) is 14.4 Å². The van der Waals surface area contributed by atoms with Gasteiger partial charge in [0.1, 0.15) is 23.2 Å². The minimum atomic E-state index is -0.209. The van der Waals surface area contributed by atoms with Crippen molar-refractivity contribution >= 4 is 22.4 Å². The van der Waals surface area contributed by atoms with Gasteiger partial charge in [-0.1, -0.05) is 25.1 Å². The van der Waals surface area contributed by atoms with Gasteiger partial charge in [-0.3, -0.25) is 0 Å². The third-order valence-electron chi connectivity index (χ3n) is 7.05. The van der Waals surface area contributed by atoms with Gasteiger partial charge in [0.15, 0.2) is 0 Å². The second-order valence-corrected chi connectivity index (χ2v) is 9.43. The number of hydrogen-bond donors (Lipinski definition) is 0. The summed E-state index contributed by atoms with van der Waals surface area (Å²) >= 11 is 0. The summed E-state index contributed by atoms with van der Waals surface area (Å²) in [5.41, 5.74) is 2.63. The second-order valence-electron chi connectivity index (χ2n) is 9.43. The number of fused-ring (bicyclic) bond motifs is 1. The third-order valence-corrected chi connectivity index (χ3v) is 7.05. The topological polar surface area (TPSA) is 41.5 Å². The number of para-hydroxylation sites is 1. The van der Waals surface area contributed by atoms with Gasteiger partial charge in [0, 0.05) is 44.1 Å². The number of rotatable bonds is 7. The number of aromatic nitrogens is 2. The van der Waals surface area contributed by atoms with Crippen molar-refractivity contribution in [3.05, 3.63) is 53.6 Å². The molecule has 1 aromatic heterocycles. The molecule has 6 heteroatoms. The first-order valence-corrected chi connectivity index (χ1v) is 12.2. The van der Waals surface area contributed by atoms with E-state index in [0.717, 1.165) is 80.0 Å². The zero-order valence-electron chi connectivity index (χ0n) is 19.9. The molecule has 0 amide bonds. The van der Waals surface area contributed by atoms with Gasteiger partial charge in [-0.05, 0) is 55.7 Å². The van der Waals surface area contributed by atoms with Crippen LogP contribution in [0.15, 0.2) is 36.4 Å². The number of methoxy groups -OCH3 is 1. The van der Waals surface area contributed by atoms with Gasteiger partial charge >= 0.3 is 0 Å². The van der Waals surface area contributed by atoms with E-state index in [9.17, 15) is 4.39 Å². The number of ether oxygens (including phenoxy) is 1. The second kappa shape index (κ2) is 9.16. The van der Waals surface area contributed by atoms with Crippen LogP contribution in [-0.4, -0.2) is 43.8 Å². The van der Waals surface area contributed by atoms with Crippen molar-refractivity contribution in [1.29, 1.82) is 0 Å². The third kappa shape index (κ3) is 4.35. The van der Waals surface area contributed by atoms with Crippen molar-refractivity contribution < 1.29 is 9.13 Å². The smallest absolute Gasteiger partial charge is 0.148 e. The molecule has 1 aliphatic heterocycles. The molecule has 174 valence electrons. The predicted molar refractivity (Wildman–Crippen MR) is 132 cm³/mol. The fraction of sp³-hybridized carbons (Fsp3) is 0.481. The van der Waals surface area contributed by atoms with Crippen LogP contribution in [-0.2, 0) is 0 Å². The highest BCUT2D eigenvalue weighted by Gasteiger charge is 2.30. The normalized spacial score (nSPS) is 16.9. The zero-order valence-corrected chi connectivity index (χ0v) is 19.9. The number of anilines is 2. The molecule has 1 saturated heterocycles. The maximum absolute atomic E-state index is 15.0. The molecule has 2 heterocycles. The summed E-state index contributed by atoms with van der Waals surface area (Å²) in [4.78, 5) is 14.2. The number of hydrogen-bond acceptors (Lipinski definition) is 5. The van der Waals surface area contributed by atoms with Crippen LogP contribution < -0.4 is 14.5 Å². The van der Waals surface area contributed by atoms with Crippen LogP contribution in [0, 0.1) is 5.82 Å². The molecule has 1 aliphatic carbocycles. The molecular weight excluding hydrogens is 415 g/mol. The van der Waals surface area contributed by atoms with Crippen molar-refractivity contribution in [3.8, 4) is 5.75 Å². The quantitative estimate of drug-likeness (QED) is 0.451. The number of nitrogens with zero attached hydrogens (tertiary/aromatic N) is 4. The van der Waals surface area contributed by atoms with Crippen molar-refractivity contribution in [2.45, 2.75) is 50.9 Å². The molecule has 1 saturated carbocycles. The number of halogens is 1. The molecule has 0 bridgehead atoms. The van der Waals surface area contributed by atoms with Crippen LogP contribution >= 0.6 is 0 Å². The van der Waals surface area contributed by atoms with E-state index in [0.29, 0.717) is 17.5 Å². The summed E-state index contributed by atoms with van der Waals surface area (Å²) in [6.45, 7) is 4.74. The van der Waals surface area contributed by atoms with Gasteiger partial charge in [-0.2, -0.15) is 0 Å². The Balaban J connectivity index is 1.48. The van der Waals surface area contributed by atoms with E-state index in [1.165, 1.54) is 5.56 Å². The van der Waals surface area contributed by atoms with Gasteiger partial charge in [0.2, 0.25) is 0 Å². The molecule has 0 atom stereocenters. The van der Waals surface area contributed by atoms with Crippen molar-refractivity contribution in [2.24, 2.45) is 0 Å². The molecule has 0 unspecified atom stereocenters. The molecule has 2 fully saturated rings. The Bertz CT molecular complexity index is 1140. The summed E-state index contributed by atoms with van der Waals surface area (Å²) in [7, 11) is 3.69. The highest BCUT2D eigenvalue weighted by Crippen LogP contribution is 2.42. The minimum absolute atomic E-state index is 0.209. The van der Waals surface area contributed by atoms with Crippen LogP contribution in [0.5, 0.6) is 5.75 Å². The Kier molecular flexibility index (Phi) is 6.09. The molecule has 0 spiro atoms. The van der Waals surface area contributed by atoms with Gasteiger partial charge in [0.25, 0.3) is 0 Å². The fourth-order valence-electron chi connectivity index (χ4n) is 5.06. The zero-order chi connectivity index (χ0) is 22.9. The van der Waals surface area contributed by atoms with Crippen LogP contribution in [0.4, 0.5) is 15.9 Å². The Hall–Kier alpha value is -2.89. The van der Waals surface area contributed by atoms with E-state index in [1.54, 1.807) is 13.2 Å². The molecule has 0 radical (unpaired) electrons. The molecular formula is C27H33FN4O. The number of piperidine rings is 1. The lowest BCUT2D eigenvalue weighted by atomic mass is 9.88. The highest BCUT2D eigenvalue weighted by atomic mass is 19.1. The van der Waals surface area contributed by atoms with E-state index in [4.69, 9.17) is 14.7 Å². The molecule has 0 N–H and O–H groups in total. The first kappa shape index (κ1) is 21.9. The van der Waals surface area contributed by atoms with Gasteiger partial charge < -0.3 is 14.5 Å². The lowest BCUT2D eigenvalue weighted by molar-refractivity contribution is 0.397. The fourth-order valence-corrected chi connectivity index (χ4v) is 5.06. The standard InChI is InChI=1S/C27H33FN4O/c1-4-13-31(2)24-16-21-23(17-22(24)28)29-26(19-9-10-19)30-27(21)32-14-11-18(12-15-32)20-7-5-6-8-25(20)33-3/h5-8,16-19H,4,9-15H2,1-3H3. The molecule has 3 aromatic rings. The lowest BCUT2D eigenvalue weighted by Crippen LogP contribution is -2.34. The van der Waals surface area contributed by atoms with E-state index in [1.807, 2.05) is 30.1 Å². The average Bonchev–Trinajstić information content (AvgIpc) is 3.69. The van der Waals surface area contributed by atoms with Crippen LogP contribution in [0.1, 0.15) is 62.3 Å². The average molecular weight is 449 g/mol. The number of benzene rings is 2. The minimum Gasteiger partial charge on any atom is -0.496 e. The van der Waals surface area contributed by atoms with E-state index in [2.05, 4.69) is 24.0 Å². The maximum Gasteiger partial charge on any atom is 0.148 e. The summed E-state index contributed by atoms with van der Waals surface area (Å²) in [5.74, 6) is 3.49. The predicted octanol–water partition coefficient (Wildman–Crippen LogP) is 5.89. The van der Waals surface area contributed by atoms with Crippen LogP contribution in [0.2, 0.25) is 0 Å². The van der Waals surface area contributed by atoms with Crippen LogP contribution in [0.25, 0.3) is 10.9 Å². The van der Waals surface area contributed by atoms with Crippen molar-refractivity contribution in [1.82, 2.24) is 9.97 Å². The Morgan fingerprint density at radius 3 is 2.52 bits per heavy atom. The van der Waals surface area contributed by atoms with Crippen LogP contribution in [0.3, 0.4) is 0 Å². The first-order chi connectivity index (χ1) is 16.1. The molecule has 5 nitrogen and oxygen atoms in total. The summed E-state index contributed by atoms with van der Waals surface area (Å²) in [6.07, 6.45) is 5.29. The largest absolute Gasteiger partial charge is 0.496 e. The molecule has 5 rings (SSSR count). The van der Waals surface area contributed by atoms with E-state index >= 15 is 0 Å². The molecule has 2 aliphatic rings. The van der Waals surface area contributed by atoms with Gasteiger partial charge in [0.05, 0.1) is 18.3 Å². The lowest BCUT2D eigenvalue weighted by Gasteiger charge is -2.34. The summed E-state index contributed by atoms with van der Waals surface area (Å²) in [5, 5.41) is 0.953. The summed E-state index contributed by atoms with van der Waals surface area (Å²) in [6, 6.07) is 11.9. The van der Waals surface area contributed by atoms with E-state index in [-0.39, 0.29) is 5.82 Å². The monoisotopic (exact) mass is 448 g/mol. The molecule has 33 heavy (non-hydrogen) atoms.